The van der Waals surface area contributed by atoms with Gasteiger partial charge >= 0.3 is 5.97 Å². The molecule has 0 saturated carbocycles. The number of thiazole rings is 1. The molecule has 4 nitrogen and oxygen atoms in total. The summed E-state index contributed by atoms with van der Waals surface area (Å²) >= 11 is 1.24. The van der Waals surface area contributed by atoms with E-state index in [9.17, 15) is 9.90 Å². The molecule has 0 fully saturated rings. The molecule has 2 aromatic rings. The van der Waals surface area contributed by atoms with Crippen molar-refractivity contribution in [3.8, 4) is 0 Å². The van der Waals surface area contributed by atoms with Crippen LogP contribution in [0.3, 0.4) is 0 Å². The van der Waals surface area contributed by atoms with Crippen molar-refractivity contribution in [2.45, 2.75) is 26.3 Å². The maximum absolute atomic E-state index is 11.3. The van der Waals surface area contributed by atoms with Crippen molar-refractivity contribution in [3.63, 3.8) is 0 Å². The number of nitrogens with zero attached hydrogens (tertiary/aromatic N) is 2. The molecule has 0 radical (unpaired) electrons. The van der Waals surface area contributed by atoms with Crippen molar-refractivity contribution in [3.05, 3.63) is 46.5 Å². The van der Waals surface area contributed by atoms with E-state index in [1.807, 2.05) is 56.1 Å². The van der Waals surface area contributed by atoms with Crippen molar-refractivity contribution in [2.24, 2.45) is 0 Å². The predicted molar refractivity (Wildman–Crippen MR) is 81.7 cm³/mol. The standard InChI is InChI=1S/C15H18N2O2S/c1-10(2)12-13(14(18)19)20-15(16-12)17(3)9-11-7-5-4-6-8-11/h4-8,10H,9H2,1-3H3,(H,18,19). The highest BCUT2D eigenvalue weighted by Gasteiger charge is 2.21. The Kier molecular flexibility index (Phi) is 4.39. The van der Waals surface area contributed by atoms with Gasteiger partial charge in [-0.05, 0) is 11.5 Å². The van der Waals surface area contributed by atoms with Gasteiger partial charge in [-0.2, -0.15) is 0 Å². The fraction of sp³-hybridized carbons (Fsp3) is 0.333. The van der Waals surface area contributed by atoms with Gasteiger partial charge in [0.15, 0.2) is 5.13 Å². The molecule has 20 heavy (non-hydrogen) atoms. The molecule has 1 heterocycles. The van der Waals surface area contributed by atoms with Gasteiger partial charge in [-0.1, -0.05) is 55.5 Å². The number of anilines is 1. The molecule has 2 rings (SSSR count). The zero-order valence-electron chi connectivity index (χ0n) is 11.8. The van der Waals surface area contributed by atoms with E-state index in [4.69, 9.17) is 0 Å². The van der Waals surface area contributed by atoms with Crippen molar-refractivity contribution in [1.29, 1.82) is 0 Å². The Balaban J connectivity index is 2.24. The zero-order valence-corrected chi connectivity index (χ0v) is 12.6. The molecule has 0 spiro atoms. The maximum Gasteiger partial charge on any atom is 0.347 e. The van der Waals surface area contributed by atoms with E-state index in [0.29, 0.717) is 17.1 Å². The van der Waals surface area contributed by atoms with Crippen molar-refractivity contribution in [1.82, 2.24) is 4.98 Å². The predicted octanol–water partition coefficient (Wildman–Crippen LogP) is 3.60. The molecule has 0 saturated heterocycles. The lowest BCUT2D eigenvalue weighted by Gasteiger charge is -2.15. The van der Waals surface area contributed by atoms with Crippen molar-refractivity contribution >= 4 is 22.4 Å². The number of hydrogen-bond donors (Lipinski definition) is 1. The molecule has 0 atom stereocenters. The Morgan fingerprint density at radius 3 is 2.50 bits per heavy atom. The Morgan fingerprint density at radius 2 is 2.00 bits per heavy atom. The maximum atomic E-state index is 11.3. The highest BCUT2D eigenvalue weighted by atomic mass is 32.1. The van der Waals surface area contributed by atoms with Crippen LogP contribution in [0.1, 0.15) is 40.7 Å². The number of benzene rings is 1. The SMILES string of the molecule is CC(C)c1nc(N(C)Cc2ccccc2)sc1C(=O)O. The lowest BCUT2D eigenvalue weighted by molar-refractivity contribution is 0.0700. The molecule has 0 unspecified atom stereocenters. The van der Waals surface area contributed by atoms with Crippen LogP contribution in [0, 0.1) is 0 Å². The highest BCUT2D eigenvalue weighted by molar-refractivity contribution is 7.17. The van der Waals surface area contributed by atoms with E-state index in [1.165, 1.54) is 16.9 Å². The van der Waals surface area contributed by atoms with Crippen LogP contribution in [0.15, 0.2) is 30.3 Å². The summed E-state index contributed by atoms with van der Waals surface area (Å²) in [7, 11) is 1.93. The Labute approximate surface area is 122 Å². The van der Waals surface area contributed by atoms with E-state index in [1.54, 1.807) is 0 Å². The summed E-state index contributed by atoms with van der Waals surface area (Å²) in [5.41, 5.74) is 1.84. The molecular weight excluding hydrogens is 272 g/mol. The summed E-state index contributed by atoms with van der Waals surface area (Å²) in [6.45, 7) is 4.63. The molecule has 5 heteroatoms. The largest absolute Gasteiger partial charge is 0.477 e. The third-order valence-electron chi connectivity index (χ3n) is 2.97. The van der Waals surface area contributed by atoms with Crippen LogP contribution in [0.25, 0.3) is 0 Å². The third-order valence-corrected chi connectivity index (χ3v) is 4.15. The van der Waals surface area contributed by atoms with Gasteiger partial charge in [-0.25, -0.2) is 9.78 Å². The highest BCUT2D eigenvalue weighted by Crippen LogP contribution is 2.30. The minimum absolute atomic E-state index is 0.108. The number of carboxylic acid groups (broad SMARTS) is 1. The van der Waals surface area contributed by atoms with E-state index in [0.717, 1.165) is 5.13 Å². The second-order valence-electron chi connectivity index (χ2n) is 5.01. The summed E-state index contributed by atoms with van der Waals surface area (Å²) in [5.74, 6) is -0.790. The van der Waals surface area contributed by atoms with Crippen LogP contribution < -0.4 is 4.90 Å². The molecule has 1 N–H and O–H groups in total. The molecule has 0 aliphatic rings. The van der Waals surface area contributed by atoms with Gasteiger partial charge in [0.1, 0.15) is 4.88 Å². The van der Waals surface area contributed by atoms with Crippen LogP contribution >= 0.6 is 11.3 Å². The van der Waals surface area contributed by atoms with E-state index < -0.39 is 5.97 Å². The summed E-state index contributed by atoms with van der Waals surface area (Å²) < 4.78 is 0. The molecule has 0 aliphatic heterocycles. The first-order chi connectivity index (χ1) is 9.49. The van der Waals surface area contributed by atoms with Crippen LogP contribution in [-0.4, -0.2) is 23.1 Å². The summed E-state index contributed by atoms with van der Waals surface area (Å²) in [6, 6.07) is 10.1. The fourth-order valence-corrected chi connectivity index (χ4v) is 2.97. The summed E-state index contributed by atoms with van der Waals surface area (Å²) in [6.07, 6.45) is 0. The minimum atomic E-state index is -0.898. The van der Waals surface area contributed by atoms with Gasteiger partial charge in [0, 0.05) is 13.6 Å². The molecular formula is C15H18N2O2S. The number of carbonyl (C=O) groups is 1. The van der Waals surface area contributed by atoms with Gasteiger partial charge in [-0.15, -0.1) is 0 Å². The van der Waals surface area contributed by atoms with Gasteiger partial charge < -0.3 is 10.0 Å². The average molecular weight is 290 g/mol. The minimum Gasteiger partial charge on any atom is -0.477 e. The Bertz CT molecular complexity index is 593. The summed E-state index contributed by atoms with van der Waals surface area (Å²) in [5, 5.41) is 10.00. The van der Waals surface area contributed by atoms with Crippen LogP contribution in [0.4, 0.5) is 5.13 Å². The molecule has 1 aromatic carbocycles. The lowest BCUT2D eigenvalue weighted by atomic mass is 10.1. The quantitative estimate of drug-likeness (QED) is 0.914. The second-order valence-corrected chi connectivity index (χ2v) is 5.99. The van der Waals surface area contributed by atoms with E-state index >= 15 is 0 Å². The van der Waals surface area contributed by atoms with Crippen molar-refractivity contribution < 1.29 is 9.90 Å². The second kappa shape index (κ2) is 6.05. The molecule has 1 aromatic heterocycles. The molecule has 0 aliphatic carbocycles. The topological polar surface area (TPSA) is 53.4 Å². The Morgan fingerprint density at radius 1 is 1.35 bits per heavy atom. The average Bonchev–Trinajstić information content (AvgIpc) is 2.85. The van der Waals surface area contributed by atoms with E-state index in [2.05, 4.69) is 4.98 Å². The third kappa shape index (κ3) is 3.17. The zero-order chi connectivity index (χ0) is 14.7. The molecule has 0 amide bonds. The normalized spacial score (nSPS) is 10.8. The number of hydrogen-bond acceptors (Lipinski definition) is 4. The van der Waals surface area contributed by atoms with Crippen LogP contribution in [0.5, 0.6) is 0 Å². The first-order valence-electron chi connectivity index (χ1n) is 6.48. The number of rotatable bonds is 5. The first-order valence-corrected chi connectivity index (χ1v) is 7.29. The van der Waals surface area contributed by atoms with Crippen LogP contribution in [-0.2, 0) is 6.54 Å². The van der Waals surface area contributed by atoms with Gasteiger partial charge in [0.25, 0.3) is 0 Å². The molecule has 0 bridgehead atoms. The fourth-order valence-electron chi connectivity index (χ4n) is 1.95. The smallest absolute Gasteiger partial charge is 0.347 e. The molecule has 106 valence electrons. The van der Waals surface area contributed by atoms with Gasteiger partial charge in [0.2, 0.25) is 0 Å². The first kappa shape index (κ1) is 14.5. The monoisotopic (exact) mass is 290 g/mol. The van der Waals surface area contributed by atoms with Gasteiger partial charge in [0.05, 0.1) is 5.69 Å². The van der Waals surface area contributed by atoms with Gasteiger partial charge in [-0.3, -0.25) is 0 Å². The number of carboxylic acids is 1. The van der Waals surface area contributed by atoms with Crippen LogP contribution in [0.2, 0.25) is 0 Å². The lowest BCUT2D eigenvalue weighted by Crippen LogP contribution is -2.16. The number of aromatic carboxylic acids is 1. The van der Waals surface area contributed by atoms with E-state index in [-0.39, 0.29) is 5.92 Å². The summed E-state index contributed by atoms with van der Waals surface area (Å²) in [4.78, 5) is 18.1. The number of aromatic nitrogens is 1. The van der Waals surface area contributed by atoms with Crippen molar-refractivity contribution in [2.75, 3.05) is 11.9 Å². The Hall–Kier alpha value is -1.88.